The summed E-state index contributed by atoms with van der Waals surface area (Å²) in [5, 5.41) is 2.91. The highest BCUT2D eigenvalue weighted by Crippen LogP contribution is 2.22. The van der Waals surface area contributed by atoms with E-state index in [-0.39, 0.29) is 5.91 Å². The molecular weight excluding hydrogens is 254 g/mol. The van der Waals surface area contributed by atoms with Crippen LogP contribution in [0.1, 0.15) is 40.0 Å². The molecule has 1 aromatic rings. The van der Waals surface area contributed by atoms with Gasteiger partial charge in [0.1, 0.15) is 11.4 Å². The SMILES string of the molecule is CCCC[C@@](C)(OCC)C(=O)Nc1ccc(OC)cc1. The molecule has 0 spiro atoms. The van der Waals surface area contributed by atoms with Crippen LogP contribution in [0.25, 0.3) is 0 Å². The van der Waals surface area contributed by atoms with Gasteiger partial charge in [-0.1, -0.05) is 19.8 Å². The lowest BCUT2D eigenvalue weighted by molar-refractivity contribution is -0.139. The van der Waals surface area contributed by atoms with Gasteiger partial charge in [0.05, 0.1) is 7.11 Å². The smallest absolute Gasteiger partial charge is 0.256 e. The molecule has 0 bridgehead atoms. The minimum Gasteiger partial charge on any atom is -0.497 e. The topological polar surface area (TPSA) is 47.6 Å². The molecule has 0 aromatic heterocycles. The van der Waals surface area contributed by atoms with Crippen LogP contribution in [0.15, 0.2) is 24.3 Å². The Morgan fingerprint density at radius 2 is 1.90 bits per heavy atom. The standard InChI is InChI=1S/C16H25NO3/c1-5-7-12-16(3,20-6-2)15(18)17-13-8-10-14(19-4)11-9-13/h8-11H,5-7,12H2,1-4H3,(H,17,18)/t16-/m1/s1. The van der Waals surface area contributed by atoms with Gasteiger partial charge in [-0.25, -0.2) is 0 Å². The van der Waals surface area contributed by atoms with E-state index in [0.29, 0.717) is 6.61 Å². The number of hydrogen-bond acceptors (Lipinski definition) is 3. The summed E-state index contributed by atoms with van der Waals surface area (Å²) in [6.45, 7) is 6.39. The van der Waals surface area contributed by atoms with Crippen molar-refractivity contribution in [3.63, 3.8) is 0 Å². The summed E-state index contributed by atoms with van der Waals surface area (Å²) in [4.78, 5) is 12.4. The molecule has 0 fully saturated rings. The predicted molar refractivity (Wildman–Crippen MR) is 81.2 cm³/mol. The van der Waals surface area contributed by atoms with Crippen LogP contribution in [0.2, 0.25) is 0 Å². The molecule has 0 saturated heterocycles. The number of anilines is 1. The number of unbranched alkanes of at least 4 members (excludes halogenated alkanes) is 1. The van der Waals surface area contributed by atoms with E-state index in [9.17, 15) is 4.79 Å². The van der Waals surface area contributed by atoms with E-state index < -0.39 is 5.60 Å². The summed E-state index contributed by atoms with van der Waals surface area (Å²) >= 11 is 0. The number of ether oxygens (including phenoxy) is 2. The second-order valence-corrected chi connectivity index (χ2v) is 4.95. The normalized spacial score (nSPS) is 13.6. The zero-order valence-corrected chi connectivity index (χ0v) is 12.9. The van der Waals surface area contributed by atoms with Crippen LogP contribution in [0.5, 0.6) is 5.75 Å². The first kappa shape index (κ1) is 16.5. The van der Waals surface area contributed by atoms with Crippen LogP contribution in [0.3, 0.4) is 0 Å². The van der Waals surface area contributed by atoms with Crippen molar-refractivity contribution >= 4 is 11.6 Å². The number of amides is 1. The van der Waals surface area contributed by atoms with Crippen molar-refractivity contribution in [1.82, 2.24) is 0 Å². The second-order valence-electron chi connectivity index (χ2n) is 4.95. The number of carbonyl (C=O) groups is 1. The van der Waals surface area contributed by atoms with Crippen LogP contribution in [-0.2, 0) is 9.53 Å². The Kier molecular flexibility index (Phi) is 6.52. The summed E-state index contributed by atoms with van der Waals surface area (Å²) < 4.78 is 10.8. The highest BCUT2D eigenvalue weighted by molar-refractivity contribution is 5.97. The molecule has 0 heterocycles. The monoisotopic (exact) mass is 279 g/mol. The zero-order chi connectivity index (χ0) is 15.0. The molecule has 0 unspecified atom stereocenters. The van der Waals surface area contributed by atoms with Crippen molar-refractivity contribution in [3.05, 3.63) is 24.3 Å². The van der Waals surface area contributed by atoms with Crippen LogP contribution < -0.4 is 10.1 Å². The van der Waals surface area contributed by atoms with Gasteiger partial charge in [0.25, 0.3) is 5.91 Å². The minimum atomic E-state index is -0.773. The number of nitrogens with one attached hydrogen (secondary N) is 1. The third-order valence-corrected chi connectivity index (χ3v) is 3.30. The maximum absolute atomic E-state index is 12.4. The quantitative estimate of drug-likeness (QED) is 0.790. The number of rotatable bonds is 8. The Labute approximate surface area is 121 Å². The lowest BCUT2D eigenvalue weighted by Crippen LogP contribution is -2.42. The Morgan fingerprint density at radius 3 is 2.40 bits per heavy atom. The number of carbonyl (C=O) groups excluding carboxylic acids is 1. The Morgan fingerprint density at radius 1 is 1.25 bits per heavy atom. The van der Waals surface area contributed by atoms with Crippen molar-refractivity contribution in [2.45, 2.75) is 45.6 Å². The van der Waals surface area contributed by atoms with E-state index in [1.165, 1.54) is 0 Å². The van der Waals surface area contributed by atoms with Crippen molar-refractivity contribution in [1.29, 1.82) is 0 Å². The third kappa shape index (κ3) is 4.53. The molecule has 0 saturated carbocycles. The molecular formula is C16H25NO3. The van der Waals surface area contributed by atoms with Crippen molar-refractivity contribution < 1.29 is 14.3 Å². The van der Waals surface area contributed by atoms with Gasteiger partial charge in [-0.05, 0) is 44.5 Å². The van der Waals surface area contributed by atoms with E-state index in [4.69, 9.17) is 9.47 Å². The molecule has 1 atom stereocenters. The maximum atomic E-state index is 12.4. The third-order valence-electron chi connectivity index (χ3n) is 3.30. The molecule has 0 aliphatic rings. The Hall–Kier alpha value is -1.55. The zero-order valence-electron chi connectivity index (χ0n) is 12.9. The molecule has 0 radical (unpaired) electrons. The lowest BCUT2D eigenvalue weighted by Gasteiger charge is -2.28. The largest absolute Gasteiger partial charge is 0.497 e. The molecule has 112 valence electrons. The first-order valence-corrected chi connectivity index (χ1v) is 7.15. The summed E-state index contributed by atoms with van der Waals surface area (Å²) in [6.07, 6.45) is 2.73. The Bertz CT molecular complexity index is 416. The van der Waals surface area contributed by atoms with E-state index in [1.807, 2.05) is 38.1 Å². The highest BCUT2D eigenvalue weighted by atomic mass is 16.5. The molecule has 1 aromatic carbocycles. The number of hydrogen-bond donors (Lipinski definition) is 1. The molecule has 20 heavy (non-hydrogen) atoms. The average Bonchev–Trinajstić information content (AvgIpc) is 2.46. The number of benzene rings is 1. The molecule has 1 N–H and O–H groups in total. The van der Waals surface area contributed by atoms with E-state index in [2.05, 4.69) is 12.2 Å². The first-order chi connectivity index (χ1) is 9.55. The fraction of sp³-hybridized carbons (Fsp3) is 0.562. The van der Waals surface area contributed by atoms with Crippen molar-refractivity contribution in [3.8, 4) is 5.75 Å². The van der Waals surface area contributed by atoms with Crippen molar-refractivity contribution in [2.75, 3.05) is 19.0 Å². The van der Waals surface area contributed by atoms with E-state index in [1.54, 1.807) is 7.11 Å². The van der Waals surface area contributed by atoms with Gasteiger partial charge >= 0.3 is 0 Å². The van der Waals surface area contributed by atoms with Crippen LogP contribution in [-0.4, -0.2) is 25.2 Å². The molecule has 0 aliphatic carbocycles. The van der Waals surface area contributed by atoms with Gasteiger partial charge in [-0.2, -0.15) is 0 Å². The average molecular weight is 279 g/mol. The molecule has 0 aliphatic heterocycles. The Balaban J connectivity index is 2.73. The van der Waals surface area contributed by atoms with Gasteiger partial charge < -0.3 is 14.8 Å². The highest BCUT2D eigenvalue weighted by Gasteiger charge is 2.33. The molecule has 1 amide bonds. The fourth-order valence-electron chi connectivity index (χ4n) is 2.02. The van der Waals surface area contributed by atoms with Crippen molar-refractivity contribution in [2.24, 2.45) is 0 Å². The molecule has 1 rings (SSSR count). The van der Waals surface area contributed by atoms with Gasteiger partial charge in [0.2, 0.25) is 0 Å². The minimum absolute atomic E-state index is 0.0991. The van der Waals surface area contributed by atoms with Gasteiger partial charge in [-0.15, -0.1) is 0 Å². The van der Waals surface area contributed by atoms with Crippen LogP contribution in [0.4, 0.5) is 5.69 Å². The van der Waals surface area contributed by atoms with Crippen LogP contribution >= 0.6 is 0 Å². The molecule has 4 nitrogen and oxygen atoms in total. The van der Waals surface area contributed by atoms with E-state index >= 15 is 0 Å². The summed E-state index contributed by atoms with van der Waals surface area (Å²) in [6, 6.07) is 7.28. The fourth-order valence-corrected chi connectivity index (χ4v) is 2.02. The summed E-state index contributed by atoms with van der Waals surface area (Å²) in [5.74, 6) is 0.666. The van der Waals surface area contributed by atoms with Gasteiger partial charge in [0.15, 0.2) is 0 Å². The predicted octanol–water partition coefficient (Wildman–Crippen LogP) is 3.62. The number of methoxy groups -OCH3 is 1. The molecule has 4 heteroatoms. The summed E-state index contributed by atoms with van der Waals surface area (Å²) in [7, 11) is 1.62. The lowest BCUT2D eigenvalue weighted by atomic mass is 9.97. The van der Waals surface area contributed by atoms with Gasteiger partial charge in [-0.3, -0.25) is 4.79 Å². The second kappa shape index (κ2) is 7.90. The summed E-state index contributed by atoms with van der Waals surface area (Å²) in [5.41, 5.74) is -0.0248. The van der Waals surface area contributed by atoms with Crippen LogP contribution in [0, 0.1) is 0 Å². The first-order valence-electron chi connectivity index (χ1n) is 7.15. The maximum Gasteiger partial charge on any atom is 0.256 e. The van der Waals surface area contributed by atoms with Gasteiger partial charge in [0, 0.05) is 12.3 Å². The van der Waals surface area contributed by atoms with E-state index in [0.717, 1.165) is 30.7 Å².